The molecule has 0 saturated heterocycles. The molecule has 0 unspecified atom stereocenters. The summed E-state index contributed by atoms with van der Waals surface area (Å²) in [6.07, 6.45) is 0. The van der Waals surface area contributed by atoms with Crippen LogP contribution in [0.15, 0.2) is 0 Å². The van der Waals surface area contributed by atoms with Crippen molar-refractivity contribution in [2.75, 3.05) is 0 Å². The molecule has 0 radical (unpaired) electrons. The Hall–Kier alpha value is 3.40. The minimum Gasteiger partial charge on any atom is 0 e. The predicted molar refractivity (Wildman–Crippen MR) is 15.7 cm³/mol. The summed E-state index contributed by atoms with van der Waals surface area (Å²) in [7, 11) is 0. The van der Waals surface area contributed by atoms with Gasteiger partial charge in [-0.1, -0.05) is 0 Å². The van der Waals surface area contributed by atoms with Crippen LogP contribution in [-0.2, 0) is 36.5 Å². The van der Waals surface area contributed by atoms with E-state index in [1.807, 2.05) is 0 Å². The molecule has 0 aliphatic heterocycles. The summed E-state index contributed by atoms with van der Waals surface area (Å²) >= 11 is 0. The monoisotopic (exact) mass is 186 g/mol. The van der Waals surface area contributed by atoms with Crippen molar-refractivity contribution in [1.82, 2.24) is 0 Å². The van der Waals surface area contributed by atoms with Gasteiger partial charge in [0.15, 0.2) is 0 Å². The van der Waals surface area contributed by atoms with Crippen molar-refractivity contribution in [3.8, 4) is 0 Å². The van der Waals surface area contributed by atoms with Gasteiger partial charge < -0.3 is 0 Å². The van der Waals surface area contributed by atoms with E-state index in [1.54, 1.807) is 0 Å². The second kappa shape index (κ2) is 16.1. The van der Waals surface area contributed by atoms with Gasteiger partial charge in [-0.3, -0.25) is 0 Å². The van der Waals surface area contributed by atoms with Crippen LogP contribution in [0.2, 0.25) is 0 Å². The van der Waals surface area contributed by atoms with Crippen LogP contribution in [0, 0.1) is 0 Å². The quantitative estimate of drug-likeness (QED) is 0.402. The Balaban J connectivity index is 0. The molecule has 0 saturated carbocycles. The SMILES string of the molecule is [CaH2].[Fe].[NaH].[Zn]. The van der Waals surface area contributed by atoms with Crippen molar-refractivity contribution >= 4 is 67.3 Å². The van der Waals surface area contributed by atoms with Crippen LogP contribution in [0.5, 0.6) is 0 Å². The zero-order chi connectivity index (χ0) is 0. The second-order valence-electron chi connectivity index (χ2n) is 0. The summed E-state index contributed by atoms with van der Waals surface area (Å²) in [5, 5.41) is 0. The summed E-state index contributed by atoms with van der Waals surface area (Å²) in [6, 6.07) is 0. The second-order valence-corrected chi connectivity index (χ2v) is 0. The Bertz CT molecular complexity index is 8.00. The largest absolute Gasteiger partial charge is 0 e. The Labute approximate surface area is 101 Å². The Morgan fingerprint density at radius 3 is 1.00 bits per heavy atom. The third kappa shape index (κ3) is 9.04. The molecule has 0 rings (SSSR count). The maximum atomic E-state index is 0. The minimum atomic E-state index is 0. The first-order valence-electron chi connectivity index (χ1n) is 0. The van der Waals surface area contributed by atoms with E-state index in [-0.39, 0.29) is 104 Å². The summed E-state index contributed by atoms with van der Waals surface area (Å²) in [5.41, 5.74) is 0. The van der Waals surface area contributed by atoms with Gasteiger partial charge in [0.1, 0.15) is 0 Å². The molecule has 0 N–H and O–H groups in total. The van der Waals surface area contributed by atoms with E-state index in [2.05, 4.69) is 0 Å². The van der Waals surface area contributed by atoms with E-state index < -0.39 is 0 Å². The van der Waals surface area contributed by atoms with Gasteiger partial charge in [-0.15, -0.1) is 0 Å². The van der Waals surface area contributed by atoms with Crippen LogP contribution in [0.1, 0.15) is 0 Å². The maximum Gasteiger partial charge on any atom is 0 e. The van der Waals surface area contributed by atoms with Gasteiger partial charge in [0.05, 0.1) is 0 Å². The zero-order valence-corrected chi connectivity index (χ0v) is 5.13. The third-order valence-electron chi connectivity index (χ3n) is 0. The fourth-order valence-electron chi connectivity index (χ4n) is 0. The smallest absolute Gasteiger partial charge is 0 e. The molecular weight excluding hydrogens is 184 g/mol. The molecular formula is H3CaFeNaZn. The van der Waals surface area contributed by atoms with E-state index >= 15 is 0 Å². The molecule has 0 aliphatic rings. The topological polar surface area (TPSA) is 0 Å². The molecule has 0 spiro atoms. The average Bonchev–Trinajstić information content (AvgIpc) is 0. The Morgan fingerprint density at radius 1 is 1.00 bits per heavy atom. The van der Waals surface area contributed by atoms with E-state index in [9.17, 15) is 0 Å². The molecule has 0 aromatic rings. The van der Waals surface area contributed by atoms with Crippen molar-refractivity contribution in [2.24, 2.45) is 0 Å². The third-order valence-corrected chi connectivity index (χ3v) is 0. The van der Waals surface area contributed by atoms with Crippen molar-refractivity contribution in [2.45, 2.75) is 0 Å². The molecule has 4 heteroatoms. The van der Waals surface area contributed by atoms with Gasteiger partial charge in [-0.05, 0) is 0 Å². The van der Waals surface area contributed by atoms with Gasteiger partial charge in [-0.25, -0.2) is 0 Å². The van der Waals surface area contributed by atoms with Crippen LogP contribution >= 0.6 is 0 Å². The maximum absolute atomic E-state index is 0. The van der Waals surface area contributed by atoms with E-state index in [1.165, 1.54) is 0 Å². The van der Waals surface area contributed by atoms with Crippen molar-refractivity contribution in [3.63, 3.8) is 0 Å². The molecule has 0 atom stereocenters. The first kappa shape index (κ1) is 26.2. The number of hydrogen-bond acceptors (Lipinski definition) is 0. The van der Waals surface area contributed by atoms with Crippen molar-refractivity contribution in [3.05, 3.63) is 0 Å². The average molecular weight is 187 g/mol. The van der Waals surface area contributed by atoms with Gasteiger partial charge in [-0.2, -0.15) is 0 Å². The van der Waals surface area contributed by atoms with E-state index in [0.717, 1.165) is 0 Å². The summed E-state index contributed by atoms with van der Waals surface area (Å²) < 4.78 is 0. The van der Waals surface area contributed by atoms with Crippen LogP contribution in [0.4, 0.5) is 0 Å². The van der Waals surface area contributed by atoms with Gasteiger partial charge in [0, 0.05) is 36.5 Å². The number of rotatable bonds is 0. The summed E-state index contributed by atoms with van der Waals surface area (Å²) in [6.45, 7) is 0. The van der Waals surface area contributed by atoms with E-state index in [0.29, 0.717) is 0 Å². The van der Waals surface area contributed by atoms with Crippen LogP contribution in [0.3, 0.4) is 0 Å². The standard InChI is InChI=1S/Ca.Fe.Na.Zn.3H. The Kier molecular flexibility index (Phi) is 106. The molecule has 0 fully saturated rings. The van der Waals surface area contributed by atoms with Crippen molar-refractivity contribution in [1.29, 1.82) is 0 Å². The molecule has 4 heavy (non-hydrogen) atoms. The van der Waals surface area contributed by atoms with Crippen LogP contribution in [0.25, 0.3) is 0 Å². The zero-order valence-electron chi connectivity index (χ0n) is 1.06. The molecule has 0 aromatic heterocycles. The molecule has 0 amide bonds. The number of hydrogen-bond donors (Lipinski definition) is 0. The fourth-order valence-corrected chi connectivity index (χ4v) is 0. The molecule has 16 valence electrons. The fraction of sp³-hybridized carbons (Fsp3) is 0. The first-order valence-corrected chi connectivity index (χ1v) is 0. The van der Waals surface area contributed by atoms with Gasteiger partial charge in [0.25, 0.3) is 0 Å². The molecule has 0 aliphatic carbocycles. The minimum absolute atomic E-state index is 0. The summed E-state index contributed by atoms with van der Waals surface area (Å²) in [5.74, 6) is 0. The summed E-state index contributed by atoms with van der Waals surface area (Å²) in [4.78, 5) is 0. The van der Waals surface area contributed by atoms with Crippen molar-refractivity contribution < 1.29 is 36.5 Å². The molecule has 0 bridgehead atoms. The molecule has 0 aromatic carbocycles. The van der Waals surface area contributed by atoms with Gasteiger partial charge in [0.2, 0.25) is 0 Å². The van der Waals surface area contributed by atoms with Gasteiger partial charge >= 0.3 is 67.3 Å². The van der Waals surface area contributed by atoms with E-state index in [4.69, 9.17) is 0 Å². The molecule has 0 nitrogen and oxygen atoms in total. The molecule has 0 heterocycles. The Morgan fingerprint density at radius 2 is 1.00 bits per heavy atom. The predicted octanol–water partition coefficient (Wildman–Crippen LogP) is -1.57. The van der Waals surface area contributed by atoms with Crippen LogP contribution < -0.4 is 0 Å². The first-order chi connectivity index (χ1) is 0. The normalized spacial score (nSPS) is 0. The van der Waals surface area contributed by atoms with Crippen LogP contribution in [-0.4, -0.2) is 67.3 Å².